The molecule has 102 valence electrons. The van der Waals surface area contributed by atoms with E-state index in [0.29, 0.717) is 0 Å². The fourth-order valence-corrected chi connectivity index (χ4v) is 2.65. The number of nitrogens with two attached hydrogens (primary N) is 1. The molecule has 0 amide bonds. The maximum absolute atomic E-state index is 11.4. The molecular weight excluding hydrogens is 278 g/mol. The smallest absolute Gasteiger partial charge is 0.342 e. The van der Waals surface area contributed by atoms with Gasteiger partial charge in [-0.2, -0.15) is 5.10 Å². The molecule has 1 rings (SSSR count). The van der Waals surface area contributed by atoms with E-state index in [0.717, 1.165) is 11.8 Å². The Bertz CT molecular complexity index is 550. The highest BCUT2D eigenvalue weighted by Gasteiger charge is 2.21. The van der Waals surface area contributed by atoms with Gasteiger partial charge < -0.3 is 10.8 Å². The number of hydrogen-bond acceptors (Lipinski definition) is 6. The Hall–Kier alpha value is -1.22. The molecule has 1 heterocycles. The van der Waals surface area contributed by atoms with Crippen LogP contribution in [-0.2, 0) is 16.4 Å². The Morgan fingerprint density at radius 2 is 2.17 bits per heavy atom. The van der Waals surface area contributed by atoms with Crippen molar-refractivity contribution in [3.8, 4) is 0 Å². The van der Waals surface area contributed by atoms with Gasteiger partial charge in [0.15, 0.2) is 9.84 Å². The molecule has 1 aromatic heterocycles. The molecule has 0 radical (unpaired) electrons. The van der Waals surface area contributed by atoms with Crippen LogP contribution in [0.4, 0.5) is 5.82 Å². The van der Waals surface area contributed by atoms with Crippen molar-refractivity contribution >= 4 is 33.4 Å². The van der Waals surface area contributed by atoms with Gasteiger partial charge in [0.2, 0.25) is 0 Å². The first kappa shape index (κ1) is 14.8. The predicted octanol–water partition coefficient (Wildman–Crippen LogP) is 0.320. The lowest BCUT2D eigenvalue weighted by atomic mass is 10.3. The van der Waals surface area contributed by atoms with E-state index in [2.05, 4.69) is 5.10 Å². The number of aromatic nitrogens is 2. The highest BCUT2D eigenvalue weighted by Crippen LogP contribution is 2.24. The third kappa shape index (κ3) is 3.16. The van der Waals surface area contributed by atoms with Crippen LogP contribution >= 0.6 is 11.8 Å². The van der Waals surface area contributed by atoms with E-state index >= 15 is 0 Å². The quantitative estimate of drug-likeness (QED) is 0.726. The molecule has 1 aromatic rings. The first-order valence-electron chi connectivity index (χ1n) is 5.16. The van der Waals surface area contributed by atoms with Crippen LogP contribution in [0.3, 0.4) is 0 Å². The fraction of sp³-hybridized carbons (Fsp3) is 0.556. The van der Waals surface area contributed by atoms with Crippen LogP contribution in [0.15, 0.2) is 5.03 Å². The van der Waals surface area contributed by atoms with Crippen molar-refractivity contribution < 1.29 is 18.3 Å². The van der Waals surface area contributed by atoms with E-state index in [9.17, 15) is 13.2 Å². The molecule has 0 aliphatic carbocycles. The zero-order valence-corrected chi connectivity index (χ0v) is 11.7. The molecule has 7 nitrogen and oxygen atoms in total. The van der Waals surface area contributed by atoms with Crippen LogP contribution in [-0.4, -0.2) is 47.0 Å². The Kier molecular flexibility index (Phi) is 4.63. The van der Waals surface area contributed by atoms with Gasteiger partial charge >= 0.3 is 5.97 Å². The minimum absolute atomic E-state index is 0.0156. The summed E-state index contributed by atoms with van der Waals surface area (Å²) in [6.07, 6.45) is 1.68. The van der Waals surface area contributed by atoms with E-state index in [1.807, 2.05) is 0 Å². The van der Waals surface area contributed by atoms with Gasteiger partial charge in [-0.05, 0) is 6.26 Å². The van der Waals surface area contributed by atoms with E-state index in [1.165, 1.54) is 4.68 Å². The lowest BCUT2D eigenvalue weighted by Crippen LogP contribution is -2.17. The number of anilines is 1. The lowest BCUT2D eigenvalue weighted by molar-refractivity contribution is 0.0694. The average Bonchev–Trinajstić information content (AvgIpc) is 2.63. The standard InChI is InChI=1S/C9H15N3O4S2/c1-3-18(15,16)5-4-12-7(10)6(9(13)14)8(11-12)17-2/h3-5,10H2,1-2H3,(H,13,14). The maximum Gasteiger partial charge on any atom is 0.342 e. The monoisotopic (exact) mass is 293 g/mol. The lowest BCUT2D eigenvalue weighted by Gasteiger charge is -2.04. The van der Waals surface area contributed by atoms with Crippen LogP contribution in [0.25, 0.3) is 0 Å². The number of carbonyl (C=O) groups is 1. The topological polar surface area (TPSA) is 115 Å². The van der Waals surface area contributed by atoms with Gasteiger partial charge in [-0.15, -0.1) is 11.8 Å². The predicted molar refractivity (Wildman–Crippen MR) is 69.7 cm³/mol. The van der Waals surface area contributed by atoms with Crippen molar-refractivity contribution in [1.82, 2.24) is 9.78 Å². The van der Waals surface area contributed by atoms with E-state index in [-0.39, 0.29) is 34.5 Å². The fourth-order valence-electron chi connectivity index (χ4n) is 1.34. The third-order valence-corrected chi connectivity index (χ3v) is 4.78. The van der Waals surface area contributed by atoms with Crippen molar-refractivity contribution in [1.29, 1.82) is 0 Å². The Morgan fingerprint density at radius 3 is 2.56 bits per heavy atom. The molecule has 0 saturated carbocycles. The van der Waals surface area contributed by atoms with Gasteiger partial charge in [0.25, 0.3) is 0 Å². The van der Waals surface area contributed by atoms with Crippen molar-refractivity contribution in [2.75, 3.05) is 23.5 Å². The van der Waals surface area contributed by atoms with Crippen LogP contribution < -0.4 is 5.73 Å². The van der Waals surface area contributed by atoms with E-state index < -0.39 is 15.8 Å². The van der Waals surface area contributed by atoms with Gasteiger partial charge in [-0.3, -0.25) is 0 Å². The number of aryl methyl sites for hydroxylation is 1. The second-order valence-corrected chi connectivity index (χ2v) is 6.80. The van der Waals surface area contributed by atoms with Crippen LogP contribution in [0.1, 0.15) is 17.3 Å². The number of hydrogen-bond donors (Lipinski definition) is 2. The molecule has 0 bridgehead atoms. The zero-order chi connectivity index (χ0) is 13.9. The summed E-state index contributed by atoms with van der Waals surface area (Å²) >= 11 is 1.16. The molecule has 0 aliphatic rings. The number of carboxylic acids is 1. The Labute approximate surface area is 109 Å². The van der Waals surface area contributed by atoms with E-state index in [4.69, 9.17) is 10.8 Å². The molecule has 0 spiro atoms. The Balaban J connectivity index is 3.02. The summed E-state index contributed by atoms with van der Waals surface area (Å²) in [5.41, 5.74) is 5.59. The van der Waals surface area contributed by atoms with Crippen LogP contribution in [0.5, 0.6) is 0 Å². The van der Waals surface area contributed by atoms with Gasteiger partial charge in [0, 0.05) is 5.75 Å². The number of rotatable bonds is 6. The van der Waals surface area contributed by atoms with Crippen molar-refractivity contribution in [3.05, 3.63) is 5.56 Å². The van der Waals surface area contributed by atoms with Crippen LogP contribution in [0.2, 0.25) is 0 Å². The summed E-state index contributed by atoms with van der Waals surface area (Å²) in [5.74, 6) is -1.25. The summed E-state index contributed by atoms with van der Waals surface area (Å²) in [7, 11) is -3.14. The third-order valence-electron chi connectivity index (χ3n) is 2.42. The molecule has 0 atom stereocenters. The number of nitrogens with zero attached hydrogens (tertiary/aromatic N) is 2. The molecular formula is C9H15N3O4S2. The number of nitrogen functional groups attached to an aromatic ring is 1. The number of thioether (sulfide) groups is 1. The normalized spacial score (nSPS) is 11.7. The summed E-state index contributed by atoms with van der Waals surface area (Å²) in [6.45, 7) is 1.61. The first-order valence-corrected chi connectivity index (χ1v) is 8.21. The maximum atomic E-state index is 11.4. The van der Waals surface area contributed by atoms with Gasteiger partial charge in [0.05, 0.1) is 12.3 Å². The SMILES string of the molecule is CCS(=O)(=O)CCn1nc(SC)c(C(=O)O)c1N. The van der Waals surface area contributed by atoms with Gasteiger partial charge in [-0.1, -0.05) is 6.92 Å². The number of aromatic carboxylic acids is 1. The second-order valence-electron chi connectivity index (χ2n) is 3.53. The van der Waals surface area contributed by atoms with Crippen molar-refractivity contribution in [3.63, 3.8) is 0 Å². The van der Waals surface area contributed by atoms with E-state index in [1.54, 1.807) is 13.2 Å². The summed E-state index contributed by atoms with van der Waals surface area (Å²) < 4.78 is 24.0. The highest BCUT2D eigenvalue weighted by atomic mass is 32.2. The molecule has 18 heavy (non-hydrogen) atoms. The average molecular weight is 293 g/mol. The first-order chi connectivity index (χ1) is 8.32. The summed E-state index contributed by atoms with van der Waals surface area (Å²) in [4.78, 5) is 11.0. The second kappa shape index (κ2) is 5.61. The number of sulfone groups is 1. The summed E-state index contributed by atoms with van der Waals surface area (Å²) in [6, 6.07) is 0. The Morgan fingerprint density at radius 1 is 1.56 bits per heavy atom. The minimum Gasteiger partial charge on any atom is -0.477 e. The van der Waals surface area contributed by atoms with Gasteiger partial charge in [-0.25, -0.2) is 17.9 Å². The molecule has 3 N–H and O–H groups in total. The van der Waals surface area contributed by atoms with Crippen molar-refractivity contribution in [2.45, 2.75) is 18.5 Å². The summed E-state index contributed by atoms with van der Waals surface area (Å²) in [5, 5.41) is 13.3. The van der Waals surface area contributed by atoms with Gasteiger partial charge in [0.1, 0.15) is 16.4 Å². The highest BCUT2D eigenvalue weighted by molar-refractivity contribution is 7.98. The minimum atomic E-state index is -3.14. The molecule has 0 aromatic carbocycles. The largest absolute Gasteiger partial charge is 0.477 e. The molecule has 9 heteroatoms. The van der Waals surface area contributed by atoms with Crippen LogP contribution in [0, 0.1) is 0 Å². The number of carboxylic acid groups (broad SMARTS) is 1. The molecule has 0 saturated heterocycles. The molecule has 0 unspecified atom stereocenters. The zero-order valence-electron chi connectivity index (χ0n) is 10.1. The van der Waals surface area contributed by atoms with Crippen molar-refractivity contribution in [2.24, 2.45) is 0 Å². The molecule has 0 fully saturated rings. The molecule has 0 aliphatic heterocycles.